The van der Waals surface area contributed by atoms with E-state index in [4.69, 9.17) is 0 Å². The molecule has 0 aliphatic rings. The van der Waals surface area contributed by atoms with Crippen molar-refractivity contribution in [2.75, 3.05) is 13.2 Å². The maximum Gasteiger partial charge on any atom is 0.0613 e. The molecule has 0 aliphatic heterocycles. The predicted octanol–water partition coefficient (Wildman–Crippen LogP) is 2.09. The van der Waals surface area contributed by atoms with E-state index in [1.165, 1.54) is 5.57 Å². The molecule has 0 heterocycles. The molecule has 0 saturated carbocycles. The van der Waals surface area contributed by atoms with Gasteiger partial charge in [-0.05, 0) is 19.3 Å². The van der Waals surface area contributed by atoms with Crippen LogP contribution in [-0.4, -0.2) is 23.8 Å². The highest BCUT2D eigenvalue weighted by Crippen LogP contribution is 2.14. The Morgan fingerprint density at radius 3 is 2.15 bits per heavy atom. The second kappa shape index (κ2) is 6.17. The highest BCUT2D eigenvalue weighted by Gasteiger charge is 2.23. The van der Waals surface area contributed by atoms with Crippen molar-refractivity contribution < 1.29 is 5.11 Å². The van der Waals surface area contributed by atoms with Gasteiger partial charge in [-0.1, -0.05) is 32.9 Å². The van der Waals surface area contributed by atoms with Crippen molar-refractivity contribution in [2.24, 2.45) is 0 Å². The summed E-state index contributed by atoms with van der Waals surface area (Å²) in [6.45, 7) is 11.3. The Morgan fingerprint density at radius 1 is 1.31 bits per heavy atom. The van der Waals surface area contributed by atoms with E-state index < -0.39 is 0 Å². The van der Waals surface area contributed by atoms with Gasteiger partial charge in [-0.2, -0.15) is 0 Å². The van der Waals surface area contributed by atoms with Crippen LogP contribution in [-0.2, 0) is 0 Å². The smallest absolute Gasteiger partial charge is 0.0613 e. The van der Waals surface area contributed by atoms with Gasteiger partial charge in [0.05, 0.1) is 6.61 Å². The first-order valence-electron chi connectivity index (χ1n) is 5.16. The minimum atomic E-state index is -0.0991. The average molecular weight is 185 g/mol. The Bertz CT molecular complexity index is 142. The van der Waals surface area contributed by atoms with Gasteiger partial charge in [0.2, 0.25) is 0 Å². The van der Waals surface area contributed by atoms with Crippen LogP contribution < -0.4 is 5.32 Å². The molecule has 0 rings (SSSR count). The van der Waals surface area contributed by atoms with Gasteiger partial charge >= 0.3 is 0 Å². The van der Waals surface area contributed by atoms with E-state index in [9.17, 15) is 5.11 Å². The van der Waals surface area contributed by atoms with E-state index in [1.54, 1.807) is 0 Å². The fourth-order valence-corrected chi connectivity index (χ4v) is 1.22. The summed E-state index contributed by atoms with van der Waals surface area (Å²) in [6, 6.07) is 0. The van der Waals surface area contributed by atoms with Crippen molar-refractivity contribution in [2.45, 2.75) is 45.6 Å². The number of hydrogen-bond acceptors (Lipinski definition) is 2. The lowest BCUT2D eigenvalue weighted by Crippen LogP contribution is -2.48. The summed E-state index contributed by atoms with van der Waals surface area (Å²) >= 11 is 0. The Kier molecular flexibility index (Phi) is 6.00. The molecule has 0 spiro atoms. The van der Waals surface area contributed by atoms with Crippen LogP contribution in [0.5, 0.6) is 0 Å². The third-order valence-corrected chi connectivity index (χ3v) is 2.87. The third-order valence-electron chi connectivity index (χ3n) is 2.87. The topological polar surface area (TPSA) is 32.3 Å². The van der Waals surface area contributed by atoms with Gasteiger partial charge in [0, 0.05) is 12.1 Å². The molecule has 78 valence electrons. The van der Waals surface area contributed by atoms with Gasteiger partial charge in [0.25, 0.3) is 0 Å². The molecular weight excluding hydrogens is 162 g/mol. The first kappa shape index (κ1) is 12.7. The molecule has 0 fully saturated rings. The molecule has 0 aromatic heterocycles. The van der Waals surface area contributed by atoms with Gasteiger partial charge in [-0.25, -0.2) is 0 Å². The minimum Gasteiger partial charge on any atom is -0.394 e. The summed E-state index contributed by atoms with van der Waals surface area (Å²) in [5.74, 6) is 0. The van der Waals surface area contributed by atoms with Crippen LogP contribution in [0.15, 0.2) is 12.2 Å². The molecule has 0 amide bonds. The van der Waals surface area contributed by atoms with Crippen molar-refractivity contribution in [1.29, 1.82) is 0 Å². The van der Waals surface area contributed by atoms with Crippen molar-refractivity contribution in [3.8, 4) is 0 Å². The summed E-state index contributed by atoms with van der Waals surface area (Å²) < 4.78 is 0. The fourth-order valence-electron chi connectivity index (χ4n) is 1.22. The van der Waals surface area contributed by atoms with Crippen molar-refractivity contribution >= 4 is 0 Å². The zero-order valence-corrected chi connectivity index (χ0v) is 9.19. The Labute approximate surface area is 82.0 Å². The first-order chi connectivity index (χ1) is 6.14. The Morgan fingerprint density at radius 2 is 1.85 bits per heavy atom. The molecule has 0 saturated heterocycles. The summed E-state index contributed by atoms with van der Waals surface area (Å²) in [4.78, 5) is 0. The third kappa shape index (κ3) is 3.92. The zero-order chi connectivity index (χ0) is 10.3. The van der Waals surface area contributed by atoms with Crippen LogP contribution in [0.1, 0.15) is 40.0 Å². The number of rotatable bonds is 7. The number of aliphatic hydroxyl groups is 1. The van der Waals surface area contributed by atoms with E-state index >= 15 is 0 Å². The van der Waals surface area contributed by atoms with Crippen LogP contribution in [0.25, 0.3) is 0 Å². The maximum atomic E-state index is 9.27. The van der Waals surface area contributed by atoms with Crippen molar-refractivity contribution in [3.63, 3.8) is 0 Å². The molecule has 2 nitrogen and oxygen atoms in total. The lowest BCUT2D eigenvalue weighted by Gasteiger charge is -2.31. The Hall–Kier alpha value is -0.340. The molecule has 0 unspecified atom stereocenters. The first-order valence-corrected chi connectivity index (χ1v) is 5.16. The lowest BCUT2D eigenvalue weighted by atomic mass is 9.93. The van der Waals surface area contributed by atoms with Crippen LogP contribution in [0, 0.1) is 0 Å². The maximum absolute atomic E-state index is 9.27. The second-order valence-electron chi connectivity index (χ2n) is 3.60. The monoisotopic (exact) mass is 185 g/mol. The van der Waals surface area contributed by atoms with Gasteiger partial charge in [-0.3, -0.25) is 0 Å². The summed E-state index contributed by atoms with van der Waals surface area (Å²) in [5.41, 5.74) is 1.10. The van der Waals surface area contributed by atoms with Crippen LogP contribution in [0.4, 0.5) is 0 Å². The van der Waals surface area contributed by atoms with E-state index in [0.29, 0.717) is 0 Å². The Balaban J connectivity index is 4.02. The zero-order valence-electron chi connectivity index (χ0n) is 9.19. The predicted molar refractivity (Wildman–Crippen MR) is 57.8 cm³/mol. The SMILES string of the molecule is C=C(CC)CNC(CC)(CC)CO. The molecule has 0 aromatic carbocycles. The van der Waals surface area contributed by atoms with E-state index in [-0.39, 0.29) is 12.1 Å². The summed E-state index contributed by atoms with van der Waals surface area (Å²) in [5, 5.41) is 12.7. The van der Waals surface area contributed by atoms with E-state index in [0.717, 1.165) is 25.8 Å². The molecule has 2 N–H and O–H groups in total. The standard InChI is InChI=1S/C11H23NO/c1-5-10(4)8-12-11(6-2,7-3)9-13/h12-13H,4-9H2,1-3H3. The number of aliphatic hydroxyl groups excluding tert-OH is 1. The van der Waals surface area contributed by atoms with Crippen molar-refractivity contribution in [1.82, 2.24) is 5.32 Å². The second-order valence-corrected chi connectivity index (χ2v) is 3.60. The van der Waals surface area contributed by atoms with Crippen LogP contribution >= 0.6 is 0 Å². The fraction of sp³-hybridized carbons (Fsp3) is 0.818. The van der Waals surface area contributed by atoms with E-state index in [2.05, 4.69) is 32.7 Å². The highest BCUT2D eigenvalue weighted by molar-refractivity contribution is 4.98. The van der Waals surface area contributed by atoms with Crippen LogP contribution in [0.2, 0.25) is 0 Å². The van der Waals surface area contributed by atoms with Gasteiger partial charge < -0.3 is 10.4 Å². The molecular formula is C11H23NO. The summed E-state index contributed by atoms with van der Waals surface area (Å²) in [7, 11) is 0. The van der Waals surface area contributed by atoms with Gasteiger partial charge in [0.1, 0.15) is 0 Å². The highest BCUT2D eigenvalue weighted by atomic mass is 16.3. The normalized spacial score (nSPS) is 11.7. The van der Waals surface area contributed by atoms with Gasteiger partial charge in [0.15, 0.2) is 0 Å². The molecule has 2 heteroatoms. The van der Waals surface area contributed by atoms with Crippen LogP contribution in [0.3, 0.4) is 0 Å². The van der Waals surface area contributed by atoms with Crippen molar-refractivity contribution in [3.05, 3.63) is 12.2 Å². The largest absolute Gasteiger partial charge is 0.394 e. The average Bonchev–Trinajstić information content (AvgIpc) is 2.20. The molecule has 0 aromatic rings. The molecule has 0 bridgehead atoms. The quantitative estimate of drug-likeness (QED) is 0.595. The lowest BCUT2D eigenvalue weighted by molar-refractivity contribution is 0.154. The molecule has 13 heavy (non-hydrogen) atoms. The molecule has 0 radical (unpaired) electrons. The number of hydrogen-bond donors (Lipinski definition) is 2. The molecule has 0 atom stereocenters. The summed E-state index contributed by atoms with van der Waals surface area (Å²) in [6.07, 6.45) is 2.91. The van der Waals surface area contributed by atoms with E-state index in [1.807, 2.05) is 0 Å². The number of nitrogens with one attached hydrogen (secondary N) is 1. The molecule has 0 aliphatic carbocycles. The minimum absolute atomic E-state index is 0.0991. The van der Waals surface area contributed by atoms with Gasteiger partial charge in [-0.15, -0.1) is 0 Å².